The summed E-state index contributed by atoms with van der Waals surface area (Å²) in [6, 6.07) is 14.4. The molecule has 0 spiro atoms. The lowest BCUT2D eigenvalue weighted by atomic mass is 10.2. The minimum Gasteiger partial charge on any atom is -0.350 e. The minimum atomic E-state index is -0.110. The highest BCUT2D eigenvalue weighted by Gasteiger charge is 2.22. The molecule has 2 heterocycles. The molecule has 1 aliphatic rings. The minimum absolute atomic E-state index is 0.0234. The van der Waals surface area contributed by atoms with Crippen molar-refractivity contribution in [3.63, 3.8) is 0 Å². The van der Waals surface area contributed by atoms with Gasteiger partial charge in [0.1, 0.15) is 0 Å². The van der Waals surface area contributed by atoms with Gasteiger partial charge in [0.05, 0.1) is 19.6 Å². The molecule has 2 amide bonds. The van der Waals surface area contributed by atoms with Crippen molar-refractivity contribution >= 4 is 23.2 Å². The summed E-state index contributed by atoms with van der Waals surface area (Å²) in [5.41, 5.74) is 1.32. The third kappa shape index (κ3) is 6.96. The molecule has 1 fully saturated rings. The third-order valence-corrected chi connectivity index (χ3v) is 6.06. The van der Waals surface area contributed by atoms with Gasteiger partial charge in [-0.25, -0.2) is 0 Å². The van der Waals surface area contributed by atoms with Crippen molar-refractivity contribution < 1.29 is 9.59 Å². The van der Waals surface area contributed by atoms with Gasteiger partial charge >= 0.3 is 0 Å². The van der Waals surface area contributed by atoms with Crippen molar-refractivity contribution in [1.82, 2.24) is 20.0 Å². The Morgan fingerprint density at radius 2 is 1.76 bits per heavy atom. The Balaban J connectivity index is 1.38. The standard InChI is InChI=1S/C22H30N4O2S/c1-2-26(17-21(27)23-15-20-9-6-14-29-20)22(28)18-25-12-10-24(11-13-25)16-19-7-4-3-5-8-19/h3-9,14H,2,10-13,15-18H2,1H3,(H,23,27). The van der Waals surface area contributed by atoms with Crippen molar-refractivity contribution in [3.8, 4) is 0 Å². The van der Waals surface area contributed by atoms with Crippen LogP contribution in [-0.2, 0) is 22.7 Å². The molecule has 1 saturated heterocycles. The number of carbonyl (C=O) groups is 2. The predicted octanol–water partition coefficient (Wildman–Crippen LogP) is 2.03. The number of nitrogens with one attached hydrogen (secondary N) is 1. The molecule has 3 rings (SSSR count). The number of hydrogen-bond acceptors (Lipinski definition) is 5. The maximum atomic E-state index is 12.7. The molecule has 0 unspecified atom stereocenters. The normalized spacial score (nSPS) is 15.2. The molecular formula is C22H30N4O2S. The molecule has 1 aromatic carbocycles. The van der Waals surface area contributed by atoms with Gasteiger partial charge in [0.2, 0.25) is 11.8 Å². The maximum absolute atomic E-state index is 12.7. The summed E-state index contributed by atoms with van der Waals surface area (Å²) in [7, 11) is 0. The Labute approximate surface area is 177 Å². The van der Waals surface area contributed by atoms with Crippen molar-refractivity contribution in [2.24, 2.45) is 0 Å². The van der Waals surface area contributed by atoms with Gasteiger partial charge in [-0.15, -0.1) is 11.3 Å². The largest absolute Gasteiger partial charge is 0.350 e. The van der Waals surface area contributed by atoms with E-state index in [-0.39, 0.29) is 18.4 Å². The zero-order chi connectivity index (χ0) is 20.5. The molecule has 29 heavy (non-hydrogen) atoms. The van der Waals surface area contributed by atoms with Crippen LogP contribution in [0.1, 0.15) is 17.4 Å². The molecule has 1 aromatic heterocycles. The van der Waals surface area contributed by atoms with Crippen LogP contribution in [0.25, 0.3) is 0 Å². The smallest absolute Gasteiger partial charge is 0.239 e. The van der Waals surface area contributed by atoms with Crippen LogP contribution < -0.4 is 5.32 Å². The van der Waals surface area contributed by atoms with E-state index >= 15 is 0 Å². The zero-order valence-electron chi connectivity index (χ0n) is 17.0. The highest BCUT2D eigenvalue weighted by Crippen LogP contribution is 2.09. The van der Waals surface area contributed by atoms with E-state index in [0.717, 1.165) is 37.6 Å². The summed E-state index contributed by atoms with van der Waals surface area (Å²) in [5, 5.41) is 4.88. The molecule has 0 bridgehead atoms. The van der Waals surface area contributed by atoms with Crippen LogP contribution in [-0.4, -0.2) is 72.3 Å². The van der Waals surface area contributed by atoms with E-state index in [1.165, 1.54) is 5.56 Å². The monoisotopic (exact) mass is 414 g/mol. The topological polar surface area (TPSA) is 55.9 Å². The first-order chi connectivity index (χ1) is 14.1. The molecule has 7 heteroatoms. The number of hydrogen-bond donors (Lipinski definition) is 1. The second-order valence-electron chi connectivity index (χ2n) is 7.30. The number of carbonyl (C=O) groups excluding carboxylic acids is 2. The fraction of sp³-hybridized carbons (Fsp3) is 0.455. The highest BCUT2D eigenvalue weighted by molar-refractivity contribution is 7.09. The summed E-state index contributed by atoms with van der Waals surface area (Å²) < 4.78 is 0. The molecule has 0 radical (unpaired) electrons. The second-order valence-corrected chi connectivity index (χ2v) is 8.33. The lowest BCUT2D eigenvalue weighted by Gasteiger charge is -2.35. The zero-order valence-corrected chi connectivity index (χ0v) is 17.9. The molecule has 156 valence electrons. The van der Waals surface area contributed by atoms with Crippen molar-refractivity contribution in [1.29, 1.82) is 0 Å². The number of rotatable bonds is 9. The molecule has 1 N–H and O–H groups in total. The van der Waals surface area contributed by atoms with Gasteiger partial charge in [-0.1, -0.05) is 36.4 Å². The molecule has 2 aromatic rings. The Kier molecular flexibility index (Phi) is 8.22. The second kappa shape index (κ2) is 11.1. The van der Waals surface area contributed by atoms with Gasteiger partial charge in [-0.3, -0.25) is 19.4 Å². The van der Waals surface area contributed by atoms with Crippen LogP contribution in [0.2, 0.25) is 0 Å². The van der Waals surface area contributed by atoms with E-state index in [9.17, 15) is 9.59 Å². The molecular weight excluding hydrogens is 384 g/mol. The van der Waals surface area contributed by atoms with Gasteiger partial charge in [0, 0.05) is 44.1 Å². The molecule has 6 nitrogen and oxygen atoms in total. The van der Waals surface area contributed by atoms with Crippen LogP contribution in [0, 0.1) is 0 Å². The first-order valence-electron chi connectivity index (χ1n) is 10.2. The highest BCUT2D eigenvalue weighted by atomic mass is 32.1. The van der Waals surface area contributed by atoms with E-state index < -0.39 is 0 Å². The van der Waals surface area contributed by atoms with Crippen LogP contribution in [0.3, 0.4) is 0 Å². The van der Waals surface area contributed by atoms with E-state index in [0.29, 0.717) is 19.6 Å². The summed E-state index contributed by atoms with van der Waals surface area (Å²) in [5.74, 6) is -0.0865. The van der Waals surface area contributed by atoms with E-state index in [1.807, 2.05) is 30.5 Å². The summed E-state index contributed by atoms with van der Waals surface area (Å²) >= 11 is 1.61. The summed E-state index contributed by atoms with van der Waals surface area (Å²) in [4.78, 5) is 32.2. The Hall–Kier alpha value is -2.22. The molecule has 0 atom stereocenters. The predicted molar refractivity (Wildman–Crippen MR) is 117 cm³/mol. The van der Waals surface area contributed by atoms with Gasteiger partial charge < -0.3 is 10.2 Å². The van der Waals surface area contributed by atoms with Crippen LogP contribution in [0.4, 0.5) is 0 Å². The molecule has 0 aliphatic carbocycles. The van der Waals surface area contributed by atoms with Gasteiger partial charge in [-0.05, 0) is 23.9 Å². The quantitative estimate of drug-likeness (QED) is 0.682. The Bertz CT molecular complexity index is 758. The Morgan fingerprint density at radius 1 is 1.03 bits per heavy atom. The van der Waals surface area contributed by atoms with E-state index in [4.69, 9.17) is 0 Å². The van der Waals surface area contributed by atoms with E-state index in [1.54, 1.807) is 16.2 Å². The molecule has 1 aliphatic heterocycles. The third-order valence-electron chi connectivity index (χ3n) is 5.18. The Morgan fingerprint density at radius 3 is 2.41 bits per heavy atom. The van der Waals surface area contributed by atoms with Gasteiger partial charge in [-0.2, -0.15) is 0 Å². The first-order valence-corrected chi connectivity index (χ1v) is 11.1. The van der Waals surface area contributed by atoms with Crippen molar-refractivity contribution in [3.05, 3.63) is 58.3 Å². The fourth-order valence-corrected chi connectivity index (χ4v) is 4.09. The van der Waals surface area contributed by atoms with Crippen LogP contribution in [0.15, 0.2) is 47.8 Å². The van der Waals surface area contributed by atoms with Crippen molar-refractivity contribution in [2.45, 2.75) is 20.0 Å². The van der Waals surface area contributed by atoms with Gasteiger partial charge in [0.25, 0.3) is 0 Å². The number of benzene rings is 1. The van der Waals surface area contributed by atoms with Crippen LogP contribution >= 0.6 is 11.3 Å². The van der Waals surface area contributed by atoms with Crippen LogP contribution in [0.5, 0.6) is 0 Å². The van der Waals surface area contributed by atoms with E-state index in [2.05, 4.69) is 39.4 Å². The van der Waals surface area contributed by atoms with Gasteiger partial charge in [0.15, 0.2) is 0 Å². The lowest BCUT2D eigenvalue weighted by Crippen LogP contribution is -2.50. The maximum Gasteiger partial charge on any atom is 0.239 e. The summed E-state index contributed by atoms with van der Waals surface area (Å²) in [6.45, 7) is 8.09. The lowest BCUT2D eigenvalue weighted by molar-refractivity contribution is -0.137. The average molecular weight is 415 g/mol. The molecule has 0 saturated carbocycles. The number of piperazine rings is 1. The number of likely N-dealkylation sites (N-methyl/N-ethyl adjacent to an activating group) is 1. The number of amides is 2. The fourth-order valence-electron chi connectivity index (χ4n) is 3.44. The average Bonchev–Trinajstić information content (AvgIpc) is 3.26. The van der Waals surface area contributed by atoms with Crippen molar-refractivity contribution in [2.75, 3.05) is 45.8 Å². The summed E-state index contributed by atoms with van der Waals surface area (Å²) in [6.07, 6.45) is 0. The first kappa shape index (κ1) is 21.5. The SMILES string of the molecule is CCN(CC(=O)NCc1cccs1)C(=O)CN1CCN(Cc2ccccc2)CC1. The number of nitrogens with zero attached hydrogens (tertiary/aromatic N) is 3. The number of thiophene rings is 1.